The number of allylic oxidation sites excluding steroid dienone is 1. The molecule has 22 heavy (non-hydrogen) atoms. The molecule has 1 aromatic carbocycles. The Kier molecular flexibility index (Phi) is 3.78. The first kappa shape index (κ1) is 15.8. The minimum atomic E-state index is 0. The van der Waals surface area contributed by atoms with Crippen LogP contribution in [0.15, 0.2) is 24.3 Å². The average molecular weight is 296 g/mol. The molecule has 0 spiro atoms. The number of fused-ring (bicyclic) bond motifs is 5. The van der Waals surface area contributed by atoms with E-state index < -0.39 is 0 Å². The van der Waals surface area contributed by atoms with Crippen molar-refractivity contribution in [1.29, 1.82) is 0 Å². The van der Waals surface area contributed by atoms with E-state index in [1.165, 1.54) is 49.7 Å². The van der Waals surface area contributed by atoms with Crippen molar-refractivity contribution in [2.45, 2.75) is 72.6 Å². The van der Waals surface area contributed by atoms with Crippen molar-refractivity contribution in [2.75, 3.05) is 0 Å². The van der Waals surface area contributed by atoms with E-state index in [1.54, 1.807) is 16.7 Å². The van der Waals surface area contributed by atoms with Crippen molar-refractivity contribution in [3.8, 4) is 0 Å². The summed E-state index contributed by atoms with van der Waals surface area (Å²) in [6.07, 6.45) is 8.14. The SMILES string of the molecule is C.C=C1CCC2C3CCc4cc(C)c(C)cc4C3CCC12C. The highest BCUT2D eigenvalue weighted by molar-refractivity contribution is 5.42. The second-order valence-corrected chi connectivity index (χ2v) is 8.15. The molecule has 0 heteroatoms. The molecule has 0 bridgehead atoms. The number of hydrogen-bond donors (Lipinski definition) is 0. The van der Waals surface area contributed by atoms with Crippen molar-refractivity contribution in [3.63, 3.8) is 0 Å². The zero-order valence-corrected chi connectivity index (χ0v) is 13.8. The maximum Gasteiger partial charge on any atom is -0.00876 e. The molecule has 0 radical (unpaired) electrons. The molecule has 0 nitrogen and oxygen atoms in total. The molecule has 0 saturated heterocycles. The zero-order valence-electron chi connectivity index (χ0n) is 13.8. The first-order valence-corrected chi connectivity index (χ1v) is 8.79. The molecular formula is C22H32. The summed E-state index contributed by atoms with van der Waals surface area (Å²) < 4.78 is 0. The van der Waals surface area contributed by atoms with Gasteiger partial charge in [-0.25, -0.2) is 0 Å². The van der Waals surface area contributed by atoms with Crippen LogP contribution in [0.4, 0.5) is 0 Å². The topological polar surface area (TPSA) is 0 Å². The highest BCUT2D eigenvalue weighted by Crippen LogP contribution is 2.62. The normalized spacial score (nSPS) is 36.1. The summed E-state index contributed by atoms with van der Waals surface area (Å²) in [6.45, 7) is 11.5. The Hall–Kier alpha value is -1.04. The lowest BCUT2D eigenvalue weighted by Crippen LogP contribution is -2.40. The molecular weight excluding hydrogens is 264 g/mol. The van der Waals surface area contributed by atoms with E-state index in [1.807, 2.05) is 0 Å². The number of rotatable bonds is 0. The van der Waals surface area contributed by atoms with Crippen LogP contribution in [-0.4, -0.2) is 0 Å². The van der Waals surface area contributed by atoms with Crippen LogP contribution >= 0.6 is 0 Å². The Morgan fingerprint density at radius 3 is 2.55 bits per heavy atom. The van der Waals surface area contributed by atoms with Crippen molar-refractivity contribution < 1.29 is 0 Å². The monoisotopic (exact) mass is 296 g/mol. The molecule has 0 N–H and O–H groups in total. The summed E-state index contributed by atoms with van der Waals surface area (Å²) in [4.78, 5) is 0. The van der Waals surface area contributed by atoms with E-state index >= 15 is 0 Å². The molecule has 0 aromatic heterocycles. The van der Waals surface area contributed by atoms with Crippen molar-refractivity contribution in [1.82, 2.24) is 0 Å². The molecule has 4 rings (SSSR count). The average Bonchev–Trinajstić information content (AvgIpc) is 2.76. The van der Waals surface area contributed by atoms with E-state index in [-0.39, 0.29) is 7.43 Å². The van der Waals surface area contributed by atoms with Crippen molar-refractivity contribution >= 4 is 0 Å². The Balaban J connectivity index is 0.00000144. The van der Waals surface area contributed by atoms with Crippen molar-refractivity contribution in [3.05, 3.63) is 46.5 Å². The van der Waals surface area contributed by atoms with Gasteiger partial charge < -0.3 is 0 Å². The Morgan fingerprint density at radius 2 is 1.77 bits per heavy atom. The first-order chi connectivity index (χ1) is 10.0. The van der Waals surface area contributed by atoms with E-state index in [0.29, 0.717) is 5.41 Å². The maximum absolute atomic E-state index is 4.42. The molecule has 3 aliphatic rings. The molecule has 3 aliphatic carbocycles. The van der Waals surface area contributed by atoms with Gasteiger partial charge in [0, 0.05) is 0 Å². The Morgan fingerprint density at radius 1 is 1.05 bits per heavy atom. The third-order valence-electron chi connectivity index (χ3n) is 7.29. The largest absolute Gasteiger partial charge is 0.0993 e. The highest BCUT2D eigenvalue weighted by atomic mass is 14.6. The van der Waals surface area contributed by atoms with Crippen molar-refractivity contribution in [2.24, 2.45) is 17.3 Å². The van der Waals surface area contributed by atoms with Crippen LogP contribution in [0.1, 0.15) is 74.6 Å². The molecule has 120 valence electrons. The fourth-order valence-electron chi connectivity index (χ4n) is 5.77. The van der Waals surface area contributed by atoms with Gasteiger partial charge in [0.2, 0.25) is 0 Å². The van der Waals surface area contributed by atoms with E-state index in [4.69, 9.17) is 0 Å². The predicted molar refractivity (Wildman–Crippen MR) is 96.4 cm³/mol. The van der Waals surface area contributed by atoms with Gasteiger partial charge in [0.1, 0.15) is 0 Å². The summed E-state index contributed by atoms with van der Waals surface area (Å²) in [7, 11) is 0. The fourth-order valence-corrected chi connectivity index (χ4v) is 5.77. The van der Waals surface area contributed by atoms with Crippen LogP contribution in [0.5, 0.6) is 0 Å². The van der Waals surface area contributed by atoms with Gasteiger partial charge in [0.05, 0.1) is 0 Å². The smallest absolute Gasteiger partial charge is 0.00876 e. The molecule has 4 unspecified atom stereocenters. The first-order valence-electron chi connectivity index (χ1n) is 8.79. The molecule has 2 fully saturated rings. The van der Waals surface area contributed by atoms with Gasteiger partial charge in [-0.3, -0.25) is 0 Å². The van der Waals surface area contributed by atoms with Gasteiger partial charge in [-0.2, -0.15) is 0 Å². The second-order valence-electron chi connectivity index (χ2n) is 8.15. The van der Waals surface area contributed by atoms with E-state index in [9.17, 15) is 0 Å². The molecule has 0 aliphatic heterocycles. The van der Waals surface area contributed by atoms with Gasteiger partial charge >= 0.3 is 0 Å². The van der Waals surface area contributed by atoms with Crippen LogP contribution in [-0.2, 0) is 6.42 Å². The van der Waals surface area contributed by atoms with Crippen LogP contribution < -0.4 is 0 Å². The standard InChI is InChI=1S/C21H28.CH4/c1-13-11-16-6-7-18-17(19(16)12-14(13)2)9-10-21(4)15(3)5-8-20(18)21;/h11-12,17-18,20H,3,5-10H2,1-2,4H3;1H4. The van der Waals surface area contributed by atoms with Crippen LogP contribution in [0.2, 0.25) is 0 Å². The van der Waals surface area contributed by atoms with Crippen LogP contribution in [0.3, 0.4) is 0 Å². The number of hydrogen-bond acceptors (Lipinski definition) is 0. The minimum absolute atomic E-state index is 0. The summed E-state index contributed by atoms with van der Waals surface area (Å²) in [5, 5.41) is 0. The lowest BCUT2D eigenvalue weighted by molar-refractivity contribution is 0.0816. The highest BCUT2D eigenvalue weighted by Gasteiger charge is 2.51. The van der Waals surface area contributed by atoms with Crippen LogP contribution in [0, 0.1) is 31.1 Å². The third kappa shape index (κ3) is 2.02. The summed E-state index contributed by atoms with van der Waals surface area (Å²) in [5.74, 6) is 2.65. The quantitative estimate of drug-likeness (QED) is 0.489. The molecule has 1 aromatic rings. The van der Waals surface area contributed by atoms with Gasteiger partial charge in [-0.15, -0.1) is 0 Å². The number of benzene rings is 1. The van der Waals surface area contributed by atoms with E-state index in [2.05, 4.69) is 39.5 Å². The summed E-state index contributed by atoms with van der Waals surface area (Å²) >= 11 is 0. The molecule has 2 saturated carbocycles. The van der Waals surface area contributed by atoms with E-state index in [0.717, 1.165) is 17.8 Å². The second kappa shape index (κ2) is 5.25. The fraction of sp³-hybridized carbons (Fsp3) is 0.636. The lowest BCUT2D eigenvalue weighted by Gasteiger charge is -2.49. The Bertz CT molecular complexity index is 609. The van der Waals surface area contributed by atoms with Gasteiger partial charge in [-0.1, -0.05) is 38.6 Å². The summed E-state index contributed by atoms with van der Waals surface area (Å²) in [6, 6.07) is 5.00. The lowest BCUT2D eigenvalue weighted by atomic mass is 9.55. The minimum Gasteiger partial charge on any atom is -0.0993 e. The molecule has 4 atom stereocenters. The maximum atomic E-state index is 4.42. The third-order valence-corrected chi connectivity index (χ3v) is 7.29. The van der Waals surface area contributed by atoms with Gasteiger partial charge in [0.15, 0.2) is 0 Å². The molecule has 0 amide bonds. The molecule has 0 heterocycles. The number of aryl methyl sites for hydroxylation is 3. The van der Waals surface area contributed by atoms with Crippen LogP contribution in [0.25, 0.3) is 0 Å². The zero-order chi connectivity index (χ0) is 14.8. The Labute approximate surface area is 137 Å². The van der Waals surface area contributed by atoms with Gasteiger partial charge in [0.25, 0.3) is 0 Å². The van der Waals surface area contributed by atoms with Gasteiger partial charge in [-0.05, 0) is 97.8 Å². The summed E-state index contributed by atoms with van der Waals surface area (Å²) in [5.41, 5.74) is 8.32. The predicted octanol–water partition coefficient (Wildman–Crippen LogP) is 6.35.